The summed E-state index contributed by atoms with van der Waals surface area (Å²) in [6.45, 7) is 40.1. The number of carbonyl (C=O) groups excluding carboxylic acids is 3. The zero-order valence-corrected chi connectivity index (χ0v) is 48.7. The Morgan fingerprint density at radius 2 is 0.606 bits per heavy atom. The molecule has 6 aliphatic heterocycles. The molecule has 0 atom stereocenters. The molecule has 6 aliphatic rings. The van der Waals surface area contributed by atoms with Gasteiger partial charge in [0, 0.05) is 149 Å². The Labute approximate surface area is 431 Å². The first-order chi connectivity index (χ1) is 33.1. The average molecular weight is 1080 g/mol. The molecular formula is C47H98N10O11S3. The molecule has 21 nitrogen and oxygen atoms in total. The molecule has 6 rings (SSSR count). The highest BCUT2D eigenvalue weighted by atomic mass is 32.2. The van der Waals surface area contributed by atoms with E-state index in [1.807, 2.05) is 63.3 Å². The molecule has 6 heterocycles. The first-order valence-corrected chi connectivity index (χ1v) is 30.4. The molecule has 6 saturated heterocycles. The lowest BCUT2D eigenvalue weighted by Crippen LogP contribution is -2.49. The van der Waals surface area contributed by atoms with Crippen molar-refractivity contribution in [1.82, 2.24) is 48.0 Å². The van der Waals surface area contributed by atoms with Gasteiger partial charge in [0.15, 0.2) is 0 Å². The first kappa shape index (κ1) is 66.9. The summed E-state index contributed by atoms with van der Waals surface area (Å²) < 4.78 is 84.5. The fraction of sp³-hybridized carbons (Fsp3) is 0.936. The largest absolute Gasteiger partial charge is 0.379 e. The molecule has 0 radical (unpaired) electrons. The third-order valence-corrected chi connectivity index (χ3v) is 19.3. The lowest BCUT2D eigenvalue weighted by Gasteiger charge is -2.33. The van der Waals surface area contributed by atoms with Gasteiger partial charge < -0.3 is 44.6 Å². The van der Waals surface area contributed by atoms with Crippen LogP contribution in [0.1, 0.15) is 83.1 Å². The van der Waals surface area contributed by atoms with Gasteiger partial charge in [0.1, 0.15) is 0 Å². The summed E-state index contributed by atoms with van der Waals surface area (Å²) in [7, 11) is -4.96. The van der Waals surface area contributed by atoms with Crippen LogP contribution in [0.25, 0.3) is 0 Å². The highest BCUT2D eigenvalue weighted by molar-refractivity contribution is 7.90. The molecule has 2 N–H and O–H groups in total. The number of ether oxygens (including phenoxy) is 2. The first-order valence-electron chi connectivity index (χ1n) is 25.9. The Balaban J connectivity index is 0.000000426. The van der Waals surface area contributed by atoms with Gasteiger partial charge in [-0.05, 0) is 55.6 Å². The highest BCUT2D eigenvalue weighted by Crippen LogP contribution is 2.13. The molecule has 0 unspecified atom stereocenters. The van der Waals surface area contributed by atoms with E-state index in [0.717, 1.165) is 91.6 Å². The van der Waals surface area contributed by atoms with Crippen LogP contribution in [0, 0.1) is 17.8 Å². The minimum atomic E-state index is -3.05. The molecule has 24 heteroatoms. The monoisotopic (exact) mass is 1070 g/mol. The minimum absolute atomic E-state index is 0.119. The van der Waals surface area contributed by atoms with Crippen LogP contribution < -0.4 is 10.6 Å². The Bertz CT molecular complexity index is 1750. The molecule has 0 spiro atoms. The number of hydrogen-bond acceptors (Lipinski definition) is 15. The second-order valence-corrected chi connectivity index (χ2v) is 27.7. The quantitative estimate of drug-likeness (QED) is 0.324. The number of amides is 3. The van der Waals surface area contributed by atoms with Crippen molar-refractivity contribution < 1.29 is 49.1 Å². The van der Waals surface area contributed by atoms with Crippen LogP contribution in [-0.4, -0.2) is 268 Å². The zero-order valence-electron chi connectivity index (χ0n) is 46.2. The van der Waals surface area contributed by atoms with E-state index in [-0.39, 0.29) is 45.3 Å². The van der Waals surface area contributed by atoms with E-state index in [1.54, 1.807) is 50.2 Å². The van der Waals surface area contributed by atoms with Gasteiger partial charge in [-0.15, -0.1) is 0 Å². The van der Waals surface area contributed by atoms with Gasteiger partial charge in [-0.1, -0.05) is 41.5 Å². The van der Waals surface area contributed by atoms with Crippen LogP contribution in [0.5, 0.6) is 0 Å². The van der Waals surface area contributed by atoms with E-state index in [9.17, 15) is 39.6 Å². The van der Waals surface area contributed by atoms with Crippen molar-refractivity contribution in [3.63, 3.8) is 0 Å². The number of likely N-dealkylation sites (N-methyl/N-ethyl adjacent to an activating group) is 2. The molecule has 0 aliphatic carbocycles. The summed E-state index contributed by atoms with van der Waals surface area (Å²) in [4.78, 5) is 44.4. The third-order valence-electron chi connectivity index (χ3n) is 12.4. The van der Waals surface area contributed by atoms with Crippen molar-refractivity contribution in [2.45, 2.75) is 98.8 Å². The van der Waals surface area contributed by atoms with Gasteiger partial charge in [-0.25, -0.2) is 25.3 Å². The summed E-state index contributed by atoms with van der Waals surface area (Å²) in [5.41, 5.74) is 0. The van der Waals surface area contributed by atoms with E-state index in [0.29, 0.717) is 71.6 Å². The molecular weight excluding hydrogens is 977 g/mol. The molecule has 0 saturated carbocycles. The van der Waals surface area contributed by atoms with Crippen molar-refractivity contribution in [2.24, 2.45) is 17.8 Å². The fourth-order valence-corrected chi connectivity index (χ4v) is 11.2. The summed E-state index contributed by atoms with van der Waals surface area (Å²) in [6, 6.07) is 0. The number of carbonyl (C=O) groups is 3. The molecule has 0 aromatic rings. The summed E-state index contributed by atoms with van der Waals surface area (Å²) in [5.74, 6) is 1.23. The van der Waals surface area contributed by atoms with E-state index < -0.39 is 30.1 Å². The fourth-order valence-electron chi connectivity index (χ4n) is 7.43. The SMILES string of the molecule is CC(C)C(=O)N1CCN(C)CC1.CC(C)C(=O)N1CCNCC1.CC(C)C(=O)N1CCOCC1.CC(C)S(=O)(=O)N1CCN(C)CC1.CC(C)S(=O)(=O)N1CCNCC1.CC(C)S(=O)(=O)N1CCOCC1. The Kier molecular flexibility index (Phi) is 31.8. The molecule has 0 aromatic heterocycles. The lowest BCUT2D eigenvalue weighted by molar-refractivity contribution is -0.138. The van der Waals surface area contributed by atoms with E-state index in [4.69, 9.17) is 9.47 Å². The average Bonchev–Trinajstić information content (AvgIpc) is 3.35. The molecule has 420 valence electrons. The molecule has 3 amide bonds. The Morgan fingerprint density at radius 1 is 0.352 bits per heavy atom. The van der Waals surface area contributed by atoms with Gasteiger partial charge >= 0.3 is 0 Å². The maximum Gasteiger partial charge on any atom is 0.225 e. The normalized spacial score (nSPS) is 20.7. The van der Waals surface area contributed by atoms with Gasteiger partial charge in [0.2, 0.25) is 47.8 Å². The van der Waals surface area contributed by atoms with Crippen LogP contribution >= 0.6 is 0 Å². The summed E-state index contributed by atoms with van der Waals surface area (Å²) >= 11 is 0. The Hall–Kier alpha value is -2.10. The van der Waals surface area contributed by atoms with Gasteiger partial charge in [-0.2, -0.15) is 12.9 Å². The van der Waals surface area contributed by atoms with Crippen molar-refractivity contribution in [2.75, 3.05) is 171 Å². The maximum absolute atomic E-state index is 11.7. The number of morpholine rings is 2. The van der Waals surface area contributed by atoms with Gasteiger partial charge in [0.25, 0.3) is 0 Å². The van der Waals surface area contributed by atoms with Crippen LogP contribution in [0.3, 0.4) is 0 Å². The van der Waals surface area contributed by atoms with Crippen LogP contribution in [-0.2, 0) is 53.9 Å². The number of nitrogens with zero attached hydrogens (tertiary/aromatic N) is 8. The predicted octanol–water partition coefficient (Wildman–Crippen LogP) is 0.650. The van der Waals surface area contributed by atoms with Gasteiger partial charge in [0.05, 0.1) is 42.2 Å². The predicted molar refractivity (Wildman–Crippen MR) is 284 cm³/mol. The zero-order chi connectivity index (χ0) is 54.1. The van der Waals surface area contributed by atoms with E-state index in [2.05, 4.69) is 27.5 Å². The minimum Gasteiger partial charge on any atom is -0.379 e. The number of sulfonamides is 3. The maximum atomic E-state index is 11.7. The van der Waals surface area contributed by atoms with Crippen LogP contribution in [0.15, 0.2) is 0 Å². The number of nitrogens with one attached hydrogen (secondary N) is 2. The smallest absolute Gasteiger partial charge is 0.225 e. The molecule has 0 aromatic carbocycles. The Morgan fingerprint density at radius 3 is 0.930 bits per heavy atom. The van der Waals surface area contributed by atoms with Gasteiger partial charge in [-0.3, -0.25) is 14.4 Å². The second kappa shape index (κ2) is 33.7. The molecule has 6 fully saturated rings. The summed E-state index contributed by atoms with van der Waals surface area (Å²) in [6.07, 6.45) is 0. The molecule has 0 bridgehead atoms. The second-order valence-electron chi connectivity index (χ2n) is 20.2. The lowest BCUT2D eigenvalue weighted by atomic mass is 10.2. The van der Waals surface area contributed by atoms with E-state index >= 15 is 0 Å². The third kappa shape index (κ3) is 24.4. The van der Waals surface area contributed by atoms with E-state index in [1.165, 1.54) is 4.31 Å². The van der Waals surface area contributed by atoms with Crippen molar-refractivity contribution in [3.8, 4) is 0 Å². The number of hydrogen-bond donors (Lipinski definition) is 2. The van der Waals surface area contributed by atoms with Crippen molar-refractivity contribution in [1.29, 1.82) is 0 Å². The van der Waals surface area contributed by atoms with Crippen LogP contribution in [0.2, 0.25) is 0 Å². The highest BCUT2D eigenvalue weighted by Gasteiger charge is 2.30. The summed E-state index contributed by atoms with van der Waals surface area (Å²) in [5, 5.41) is 5.42. The standard InChI is InChI=1S/C9H18N2O.C8H18N2O2S.C8H16N2O.C8H15NO2.C7H16N2O2S.C7H15NO3S/c1-8(2)9(12)11-6-4-10(3)5-7-11;1-8(2)13(11,12)10-6-4-9(3)5-7-10;1-7(2)8(11)10-5-3-9-4-6-10;1-7(2)8(10)9-3-5-11-6-4-9;1-7(2)12(10,11)9-5-3-8-4-6-9;1-7(2)12(9,10)8-3-5-11-6-4-8/h8H,4-7H2,1-3H3;8H,4-7H2,1-3H3;7,9H,3-6H2,1-2H3;7H,3-6H2,1-2H3;7-8H,3-6H2,1-2H3;7H,3-6H2,1-2H3. The van der Waals surface area contributed by atoms with Crippen molar-refractivity contribution >= 4 is 47.8 Å². The van der Waals surface area contributed by atoms with Crippen molar-refractivity contribution in [3.05, 3.63) is 0 Å². The number of rotatable bonds is 9. The molecule has 71 heavy (non-hydrogen) atoms. The topological polar surface area (TPSA) is 222 Å². The number of piperazine rings is 4. The van der Waals surface area contributed by atoms with Crippen LogP contribution in [0.4, 0.5) is 0 Å².